The Hall–Kier alpha value is -5.96. The van der Waals surface area contributed by atoms with Crippen molar-refractivity contribution in [3.63, 3.8) is 0 Å². The van der Waals surface area contributed by atoms with E-state index in [-0.39, 0.29) is 12.5 Å². The molecule has 1 heterocycles. The molecule has 0 atom stereocenters. The molecule has 0 aliphatic carbocycles. The van der Waals surface area contributed by atoms with Gasteiger partial charge in [0.25, 0.3) is 11.8 Å². The molecule has 6 aromatic rings. The van der Waals surface area contributed by atoms with Crippen molar-refractivity contribution in [1.29, 1.82) is 0 Å². The van der Waals surface area contributed by atoms with Gasteiger partial charge in [-0.05, 0) is 77.7 Å². The number of aromatic amines is 1. The molecule has 1 aromatic heterocycles. The summed E-state index contributed by atoms with van der Waals surface area (Å²) in [5, 5.41) is 7.24. The number of carbonyl (C=O) groups is 3. The highest BCUT2D eigenvalue weighted by atomic mass is 19.1. The van der Waals surface area contributed by atoms with Crippen LogP contribution in [0.15, 0.2) is 103 Å². The molecule has 0 saturated heterocycles. The Bertz CT molecular complexity index is 2050. The van der Waals surface area contributed by atoms with Crippen molar-refractivity contribution in [2.75, 3.05) is 10.6 Å². The Morgan fingerprint density at radius 3 is 2.36 bits per heavy atom. The lowest BCUT2D eigenvalue weighted by molar-refractivity contribution is 0.0998. The van der Waals surface area contributed by atoms with Crippen molar-refractivity contribution in [1.82, 2.24) is 4.98 Å². The number of nitrogens with two attached hydrogens (primary N) is 1. The predicted octanol–water partition coefficient (Wildman–Crippen LogP) is 7.54. The van der Waals surface area contributed by atoms with E-state index in [2.05, 4.69) is 15.6 Å². The van der Waals surface area contributed by atoms with Crippen molar-refractivity contribution in [2.24, 2.45) is 5.73 Å². The second-order valence-electron chi connectivity index (χ2n) is 10.3. The minimum Gasteiger partial charge on any atom is -0.444 e. The van der Waals surface area contributed by atoms with Gasteiger partial charge in [0.15, 0.2) is 0 Å². The molecule has 0 saturated carbocycles. The van der Waals surface area contributed by atoms with Gasteiger partial charge >= 0.3 is 6.09 Å². The van der Waals surface area contributed by atoms with Crippen LogP contribution in [0.4, 0.5) is 20.6 Å². The Morgan fingerprint density at radius 1 is 0.841 bits per heavy atom. The number of ether oxygens (including phenoxy) is 1. The van der Waals surface area contributed by atoms with Crippen molar-refractivity contribution in [2.45, 2.75) is 13.5 Å². The van der Waals surface area contributed by atoms with Crippen LogP contribution in [0.25, 0.3) is 32.9 Å². The number of nitrogens with one attached hydrogen (secondary N) is 3. The van der Waals surface area contributed by atoms with Crippen LogP contribution in [0.3, 0.4) is 0 Å². The summed E-state index contributed by atoms with van der Waals surface area (Å²) in [6.45, 7) is 2.02. The van der Waals surface area contributed by atoms with Crippen LogP contribution in [0, 0.1) is 12.7 Å². The van der Waals surface area contributed by atoms with Crippen LogP contribution >= 0.6 is 0 Å². The van der Waals surface area contributed by atoms with E-state index in [0.29, 0.717) is 33.5 Å². The summed E-state index contributed by atoms with van der Waals surface area (Å²) in [6, 6.07) is 29.1. The third-order valence-electron chi connectivity index (χ3n) is 7.46. The zero-order valence-electron chi connectivity index (χ0n) is 23.6. The quantitative estimate of drug-likeness (QED) is 0.154. The van der Waals surface area contributed by atoms with Crippen LogP contribution in [0.2, 0.25) is 0 Å². The highest BCUT2D eigenvalue weighted by Crippen LogP contribution is 2.39. The standard InChI is InChI=1S/C35H27FN4O4/c1-20-25(8-5-9-29(20)40-34(42)22-10-12-23(36)13-11-22)26-16-17-28(33(37)41)32-31(26)27-15-14-24(18-30(27)39-32)38-35(43)44-19-21-6-3-2-4-7-21/h2-18,39H,19H2,1H3,(H2,37,41)(H,38,43)(H,40,42). The molecule has 5 N–H and O–H groups in total. The molecule has 0 spiro atoms. The molecule has 8 nitrogen and oxygen atoms in total. The zero-order valence-corrected chi connectivity index (χ0v) is 23.6. The Labute approximate surface area is 251 Å². The Morgan fingerprint density at radius 2 is 1.61 bits per heavy atom. The number of fused-ring (bicyclic) bond motifs is 3. The molecule has 9 heteroatoms. The van der Waals surface area contributed by atoms with Gasteiger partial charge in [0, 0.05) is 33.2 Å². The normalized spacial score (nSPS) is 11.0. The van der Waals surface area contributed by atoms with Crippen molar-refractivity contribution < 1.29 is 23.5 Å². The van der Waals surface area contributed by atoms with E-state index in [1.807, 2.05) is 61.5 Å². The van der Waals surface area contributed by atoms with Crippen LogP contribution in [0.1, 0.15) is 31.8 Å². The highest BCUT2D eigenvalue weighted by Gasteiger charge is 2.19. The molecule has 218 valence electrons. The molecule has 5 aromatic carbocycles. The summed E-state index contributed by atoms with van der Waals surface area (Å²) in [7, 11) is 0. The van der Waals surface area contributed by atoms with Gasteiger partial charge in [-0.2, -0.15) is 0 Å². The van der Waals surface area contributed by atoms with Crippen molar-refractivity contribution in [3.05, 3.63) is 131 Å². The fourth-order valence-corrected chi connectivity index (χ4v) is 5.26. The molecule has 6 rings (SSSR count). The summed E-state index contributed by atoms with van der Waals surface area (Å²) in [5.41, 5.74) is 12.0. The molecule has 0 fully saturated rings. The number of anilines is 2. The number of hydrogen-bond donors (Lipinski definition) is 4. The summed E-state index contributed by atoms with van der Waals surface area (Å²) in [4.78, 5) is 41.1. The maximum Gasteiger partial charge on any atom is 0.411 e. The molecule has 0 radical (unpaired) electrons. The van der Waals surface area contributed by atoms with Gasteiger partial charge in [-0.3, -0.25) is 14.9 Å². The molecule has 44 heavy (non-hydrogen) atoms. The van der Waals surface area contributed by atoms with E-state index in [4.69, 9.17) is 10.5 Å². The maximum atomic E-state index is 13.4. The number of halogens is 1. The lowest BCUT2D eigenvalue weighted by Gasteiger charge is -2.15. The summed E-state index contributed by atoms with van der Waals surface area (Å²) < 4.78 is 18.7. The number of amides is 3. The van der Waals surface area contributed by atoms with Crippen molar-refractivity contribution >= 4 is 51.1 Å². The first-order valence-corrected chi connectivity index (χ1v) is 13.8. The molecule has 0 aliphatic heterocycles. The summed E-state index contributed by atoms with van der Waals surface area (Å²) in [5.74, 6) is -1.38. The first-order chi connectivity index (χ1) is 21.3. The van der Waals surface area contributed by atoms with E-state index in [1.165, 1.54) is 24.3 Å². The number of H-pyrrole nitrogens is 1. The fraction of sp³-hybridized carbons (Fsp3) is 0.0571. The minimum atomic E-state index is -0.599. The van der Waals surface area contributed by atoms with E-state index >= 15 is 0 Å². The Kier molecular flexibility index (Phi) is 7.51. The van der Waals surface area contributed by atoms with Gasteiger partial charge in [-0.25, -0.2) is 9.18 Å². The molecule has 3 amide bonds. The van der Waals surface area contributed by atoms with E-state index < -0.39 is 17.8 Å². The van der Waals surface area contributed by atoms with Gasteiger partial charge in [0.1, 0.15) is 12.4 Å². The smallest absolute Gasteiger partial charge is 0.411 e. The van der Waals surface area contributed by atoms with Gasteiger partial charge < -0.3 is 20.8 Å². The minimum absolute atomic E-state index is 0.134. The largest absolute Gasteiger partial charge is 0.444 e. The van der Waals surface area contributed by atoms with Gasteiger partial charge in [-0.1, -0.05) is 54.6 Å². The third kappa shape index (κ3) is 5.58. The van der Waals surface area contributed by atoms with Crippen LogP contribution in [0.5, 0.6) is 0 Å². The average Bonchev–Trinajstić information content (AvgIpc) is 3.40. The number of carbonyl (C=O) groups excluding carboxylic acids is 3. The topological polar surface area (TPSA) is 126 Å². The molecule has 0 aliphatic rings. The van der Waals surface area contributed by atoms with Crippen LogP contribution < -0.4 is 16.4 Å². The summed E-state index contributed by atoms with van der Waals surface area (Å²) in [6.07, 6.45) is -0.599. The first kappa shape index (κ1) is 28.2. The van der Waals surface area contributed by atoms with E-state index in [9.17, 15) is 18.8 Å². The fourth-order valence-electron chi connectivity index (χ4n) is 5.26. The Balaban J connectivity index is 1.35. The van der Waals surface area contributed by atoms with Crippen molar-refractivity contribution in [3.8, 4) is 11.1 Å². The van der Waals surface area contributed by atoms with Crippen LogP contribution in [-0.2, 0) is 11.3 Å². The number of hydrogen-bond acceptors (Lipinski definition) is 4. The second kappa shape index (κ2) is 11.7. The molecule has 0 unspecified atom stereocenters. The second-order valence-corrected chi connectivity index (χ2v) is 10.3. The highest BCUT2D eigenvalue weighted by molar-refractivity contribution is 6.20. The van der Waals surface area contributed by atoms with E-state index in [1.54, 1.807) is 24.3 Å². The molecular formula is C35H27FN4O4. The zero-order chi connectivity index (χ0) is 30.8. The maximum absolute atomic E-state index is 13.4. The lowest BCUT2D eigenvalue weighted by atomic mass is 9.93. The predicted molar refractivity (Wildman–Crippen MR) is 169 cm³/mol. The third-order valence-corrected chi connectivity index (χ3v) is 7.46. The van der Waals surface area contributed by atoms with Gasteiger partial charge in [-0.15, -0.1) is 0 Å². The molecule has 0 bridgehead atoms. The lowest BCUT2D eigenvalue weighted by Crippen LogP contribution is -2.13. The number of benzene rings is 5. The average molecular weight is 587 g/mol. The first-order valence-electron chi connectivity index (χ1n) is 13.8. The van der Waals surface area contributed by atoms with Crippen LogP contribution in [-0.4, -0.2) is 22.9 Å². The number of primary amides is 1. The van der Waals surface area contributed by atoms with E-state index in [0.717, 1.165) is 33.0 Å². The SMILES string of the molecule is Cc1c(NC(=O)c2ccc(F)cc2)cccc1-c1ccc(C(N)=O)c2[nH]c3cc(NC(=O)OCc4ccccc4)ccc3c12. The molecular weight excluding hydrogens is 559 g/mol. The monoisotopic (exact) mass is 586 g/mol. The van der Waals surface area contributed by atoms with Gasteiger partial charge in [0.2, 0.25) is 0 Å². The summed E-state index contributed by atoms with van der Waals surface area (Å²) >= 11 is 0. The number of rotatable bonds is 7. The van der Waals surface area contributed by atoms with Gasteiger partial charge in [0.05, 0.1) is 11.1 Å². The number of aromatic nitrogens is 1.